The van der Waals surface area contributed by atoms with E-state index in [-0.39, 0.29) is 12.0 Å². The van der Waals surface area contributed by atoms with Gasteiger partial charge in [-0.15, -0.1) is 10.2 Å². The Morgan fingerprint density at radius 1 is 1.04 bits per heavy atom. The van der Waals surface area contributed by atoms with E-state index in [1.165, 1.54) is 0 Å². The molecule has 27 heavy (non-hydrogen) atoms. The molecule has 0 spiro atoms. The van der Waals surface area contributed by atoms with Gasteiger partial charge in [-0.2, -0.15) is 0 Å². The van der Waals surface area contributed by atoms with Gasteiger partial charge in [-0.05, 0) is 42.5 Å². The van der Waals surface area contributed by atoms with Gasteiger partial charge in [-0.3, -0.25) is 9.36 Å². The lowest BCUT2D eigenvalue weighted by Crippen LogP contribution is -2.41. The number of aromatic nitrogens is 3. The van der Waals surface area contributed by atoms with Gasteiger partial charge in [0.15, 0.2) is 0 Å². The van der Waals surface area contributed by atoms with Gasteiger partial charge >= 0.3 is 0 Å². The molecular weight excluding hydrogens is 408 g/mol. The van der Waals surface area contributed by atoms with Crippen LogP contribution in [0.3, 0.4) is 0 Å². The Morgan fingerprint density at radius 3 is 2.41 bits per heavy atom. The minimum atomic E-state index is 0.0613. The number of hydrogen-bond acceptors (Lipinski definition) is 4. The number of carbonyl (C=O) groups excluding carboxylic acids is 1. The third kappa shape index (κ3) is 4.19. The van der Waals surface area contributed by atoms with Crippen molar-refractivity contribution < 1.29 is 9.53 Å². The predicted octanol–water partition coefficient (Wildman–Crippen LogP) is 3.71. The second-order valence-corrected chi connectivity index (χ2v) is 7.40. The monoisotopic (exact) mass is 426 g/mol. The lowest BCUT2D eigenvalue weighted by molar-refractivity contribution is 0.0595. The molecule has 0 N–H and O–H groups in total. The molecule has 0 atom stereocenters. The van der Waals surface area contributed by atoms with Crippen LogP contribution >= 0.6 is 15.9 Å². The maximum atomic E-state index is 12.8. The van der Waals surface area contributed by atoms with Crippen molar-refractivity contribution in [1.82, 2.24) is 19.7 Å². The lowest BCUT2D eigenvalue weighted by atomic mass is 10.1. The smallest absolute Gasteiger partial charge is 0.253 e. The van der Waals surface area contributed by atoms with Crippen molar-refractivity contribution in [2.24, 2.45) is 0 Å². The third-order valence-corrected chi connectivity index (χ3v) is 5.15. The highest BCUT2D eigenvalue weighted by Gasteiger charge is 2.24. The molecule has 0 aliphatic carbocycles. The SMILES string of the molecule is O=C(c1ccc(-n2cnnc2)cc1)N1CCC(Oc2cccc(Br)c2)CC1. The van der Waals surface area contributed by atoms with Crippen LogP contribution in [-0.2, 0) is 0 Å². The van der Waals surface area contributed by atoms with Gasteiger partial charge in [0.25, 0.3) is 5.91 Å². The Kier molecular flexibility index (Phi) is 5.20. The maximum absolute atomic E-state index is 12.8. The number of hydrogen-bond donors (Lipinski definition) is 0. The van der Waals surface area contributed by atoms with E-state index in [9.17, 15) is 4.79 Å². The van der Waals surface area contributed by atoms with Crippen LogP contribution in [0.1, 0.15) is 23.2 Å². The van der Waals surface area contributed by atoms with Crippen molar-refractivity contribution in [3.8, 4) is 11.4 Å². The second-order valence-electron chi connectivity index (χ2n) is 6.48. The zero-order valence-corrected chi connectivity index (χ0v) is 16.2. The molecule has 6 nitrogen and oxygen atoms in total. The number of piperidine rings is 1. The number of likely N-dealkylation sites (tertiary alicyclic amines) is 1. The summed E-state index contributed by atoms with van der Waals surface area (Å²) in [6, 6.07) is 15.4. The molecule has 2 aromatic carbocycles. The van der Waals surface area contributed by atoms with Crippen LogP contribution in [0, 0.1) is 0 Å². The van der Waals surface area contributed by atoms with Crippen LogP contribution < -0.4 is 4.74 Å². The molecule has 4 rings (SSSR count). The van der Waals surface area contributed by atoms with E-state index in [1.54, 1.807) is 17.2 Å². The first-order chi connectivity index (χ1) is 13.2. The summed E-state index contributed by atoms with van der Waals surface area (Å²) in [5.41, 5.74) is 1.62. The highest BCUT2D eigenvalue weighted by molar-refractivity contribution is 9.10. The van der Waals surface area contributed by atoms with Crippen molar-refractivity contribution in [2.75, 3.05) is 13.1 Å². The van der Waals surface area contributed by atoms with Crippen molar-refractivity contribution in [3.05, 3.63) is 71.2 Å². The molecule has 3 aromatic rings. The third-order valence-electron chi connectivity index (χ3n) is 4.66. The van der Waals surface area contributed by atoms with E-state index >= 15 is 0 Å². The first kappa shape index (κ1) is 17.7. The molecule has 2 heterocycles. The minimum absolute atomic E-state index is 0.0613. The van der Waals surface area contributed by atoms with E-state index in [0.29, 0.717) is 18.7 Å². The lowest BCUT2D eigenvalue weighted by Gasteiger charge is -2.32. The Hall–Kier alpha value is -2.67. The van der Waals surface area contributed by atoms with E-state index in [4.69, 9.17) is 4.74 Å². The molecule has 0 bridgehead atoms. The van der Waals surface area contributed by atoms with Crippen LogP contribution in [0.5, 0.6) is 5.75 Å². The van der Waals surface area contributed by atoms with E-state index in [0.717, 1.165) is 28.8 Å². The van der Waals surface area contributed by atoms with Gasteiger partial charge in [-0.1, -0.05) is 22.0 Å². The summed E-state index contributed by atoms with van der Waals surface area (Å²) in [5, 5.41) is 7.59. The van der Waals surface area contributed by atoms with Crippen LogP contribution in [0.25, 0.3) is 5.69 Å². The molecule has 138 valence electrons. The van der Waals surface area contributed by atoms with Gasteiger partial charge < -0.3 is 9.64 Å². The quantitative estimate of drug-likeness (QED) is 0.637. The molecule has 1 aliphatic rings. The predicted molar refractivity (Wildman–Crippen MR) is 105 cm³/mol. The highest BCUT2D eigenvalue weighted by Crippen LogP contribution is 2.23. The number of nitrogens with zero attached hydrogens (tertiary/aromatic N) is 4. The fraction of sp³-hybridized carbons (Fsp3) is 0.250. The first-order valence-electron chi connectivity index (χ1n) is 8.85. The molecule has 1 amide bonds. The van der Waals surface area contributed by atoms with Gasteiger partial charge in [0, 0.05) is 41.7 Å². The number of ether oxygens (including phenoxy) is 1. The topological polar surface area (TPSA) is 60.2 Å². The Labute approximate surface area is 165 Å². The Balaban J connectivity index is 1.34. The van der Waals surface area contributed by atoms with Gasteiger partial charge in [0.05, 0.1) is 0 Å². The van der Waals surface area contributed by atoms with Crippen LogP contribution in [0.2, 0.25) is 0 Å². The van der Waals surface area contributed by atoms with Crippen molar-refractivity contribution in [3.63, 3.8) is 0 Å². The summed E-state index contributed by atoms with van der Waals surface area (Å²) in [6.45, 7) is 1.40. The number of amides is 1. The molecule has 1 saturated heterocycles. The normalized spacial score (nSPS) is 14.9. The largest absolute Gasteiger partial charge is 0.490 e. The fourth-order valence-electron chi connectivity index (χ4n) is 3.20. The number of rotatable bonds is 4. The zero-order chi connectivity index (χ0) is 18.6. The summed E-state index contributed by atoms with van der Waals surface area (Å²) in [7, 11) is 0. The van der Waals surface area contributed by atoms with Crippen molar-refractivity contribution in [2.45, 2.75) is 18.9 Å². The molecule has 1 fully saturated rings. The van der Waals surface area contributed by atoms with Gasteiger partial charge in [-0.25, -0.2) is 0 Å². The standard InChI is InChI=1S/C20H19BrN4O2/c21-16-2-1-3-19(12-16)27-18-8-10-24(11-9-18)20(26)15-4-6-17(7-5-15)25-13-22-23-14-25/h1-7,12-14,18H,8-11H2. The Bertz CT molecular complexity index is 904. The second kappa shape index (κ2) is 7.92. The Morgan fingerprint density at radius 2 is 1.74 bits per heavy atom. The molecule has 0 radical (unpaired) electrons. The fourth-order valence-corrected chi connectivity index (χ4v) is 3.58. The van der Waals surface area contributed by atoms with Crippen LogP contribution in [-0.4, -0.2) is 44.8 Å². The van der Waals surface area contributed by atoms with E-state index in [1.807, 2.05) is 53.4 Å². The molecule has 7 heteroatoms. The molecule has 0 saturated carbocycles. The average Bonchev–Trinajstić information content (AvgIpc) is 3.23. The zero-order valence-electron chi connectivity index (χ0n) is 14.7. The molecule has 1 aromatic heterocycles. The number of halogens is 1. The van der Waals surface area contributed by atoms with Crippen molar-refractivity contribution in [1.29, 1.82) is 0 Å². The summed E-state index contributed by atoms with van der Waals surface area (Å²) in [4.78, 5) is 14.7. The van der Waals surface area contributed by atoms with E-state index in [2.05, 4.69) is 26.1 Å². The maximum Gasteiger partial charge on any atom is 0.253 e. The summed E-state index contributed by atoms with van der Waals surface area (Å²) in [6.07, 6.45) is 5.06. The summed E-state index contributed by atoms with van der Waals surface area (Å²) < 4.78 is 8.85. The number of carbonyl (C=O) groups is 1. The summed E-state index contributed by atoms with van der Waals surface area (Å²) in [5.74, 6) is 0.921. The van der Waals surface area contributed by atoms with E-state index < -0.39 is 0 Å². The highest BCUT2D eigenvalue weighted by atomic mass is 79.9. The summed E-state index contributed by atoms with van der Waals surface area (Å²) >= 11 is 3.46. The minimum Gasteiger partial charge on any atom is -0.490 e. The van der Waals surface area contributed by atoms with Gasteiger partial charge in [0.1, 0.15) is 24.5 Å². The van der Waals surface area contributed by atoms with Crippen LogP contribution in [0.4, 0.5) is 0 Å². The van der Waals surface area contributed by atoms with Crippen LogP contribution in [0.15, 0.2) is 65.7 Å². The molecular formula is C20H19BrN4O2. The van der Waals surface area contributed by atoms with Gasteiger partial charge in [0.2, 0.25) is 0 Å². The van der Waals surface area contributed by atoms with Crippen molar-refractivity contribution >= 4 is 21.8 Å². The average molecular weight is 427 g/mol. The first-order valence-corrected chi connectivity index (χ1v) is 9.65. The molecule has 0 unspecified atom stereocenters. The molecule has 1 aliphatic heterocycles. The number of benzene rings is 2.